The monoisotopic (exact) mass is 352 g/mol. The Bertz CT molecular complexity index is 746. The minimum atomic E-state index is -0.546. The van der Waals surface area contributed by atoms with Crippen LogP contribution in [-0.2, 0) is 16.1 Å². The molecule has 4 heteroatoms. The van der Waals surface area contributed by atoms with Gasteiger partial charge in [0, 0.05) is 19.0 Å². The highest BCUT2D eigenvalue weighted by atomic mass is 16.2. The summed E-state index contributed by atoms with van der Waals surface area (Å²) in [6.07, 6.45) is 0. The summed E-state index contributed by atoms with van der Waals surface area (Å²) >= 11 is 0. The Morgan fingerprint density at radius 2 is 1.50 bits per heavy atom. The number of likely N-dealkylation sites (N-methyl/N-ethyl adjacent to an activating group) is 1. The average molecular weight is 352 g/mol. The van der Waals surface area contributed by atoms with E-state index in [9.17, 15) is 9.59 Å². The molecule has 1 unspecified atom stereocenters. The van der Waals surface area contributed by atoms with Crippen LogP contribution in [0, 0.1) is 5.41 Å². The predicted octanol–water partition coefficient (Wildman–Crippen LogP) is 3.86. The number of benzene rings is 2. The quantitative estimate of drug-likeness (QED) is 0.888. The van der Waals surface area contributed by atoms with Gasteiger partial charge in [-0.1, -0.05) is 75.4 Å². The first-order valence-electron chi connectivity index (χ1n) is 8.89. The molecule has 0 aliphatic rings. The SMILES string of the molecule is CC(NC(=O)C(C)(C)C)C(=O)N(C)Cc1ccc(-c2ccccc2)cc1. The minimum absolute atomic E-state index is 0.102. The maximum absolute atomic E-state index is 12.5. The Morgan fingerprint density at radius 3 is 2.04 bits per heavy atom. The van der Waals surface area contributed by atoms with E-state index in [1.54, 1.807) is 18.9 Å². The summed E-state index contributed by atoms with van der Waals surface area (Å²) in [4.78, 5) is 26.2. The van der Waals surface area contributed by atoms with Gasteiger partial charge >= 0.3 is 0 Å². The lowest BCUT2D eigenvalue weighted by Gasteiger charge is -2.25. The summed E-state index contributed by atoms with van der Waals surface area (Å²) in [6, 6.07) is 17.8. The molecule has 0 heterocycles. The van der Waals surface area contributed by atoms with E-state index >= 15 is 0 Å². The molecule has 1 atom stereocenters. The number of rotatable bonds is 5. The van der Waals surface area contributed by atoms with Crippen LogP contribution in [0.5, 0.6) is 0 Å². The molecule has 2 aromatic carbocycles. The van der Waals surface area contributed by atoms with E-state index in [0.717, 1.165) is 11.1 Å². The number of hydrogen-bond donors (Lipinski definition) is 1. The molecule has 0 spiro atoms. The fourth-order valence-corrected chi connectivity index (χ4v) is 2.59. The van der Waals surface area contributed by atoms with Gasteiger partial charge in [-0.2, -0.15) is 0 Å². The predicted molar refractivity (Wildman–Crippen MR) is 105 cm³/mol. The van der Waals surface area contributed by atoms with Crippen molar-refractivity contribution in [2.24, 2.45) is 5.41 Å². The molecule has 4 nitrogen and oxygen atoms in total. The van der Waals surface area contributed by atoms with E-state index in [0.29, 0.717) is 6.54 Å². The normalized spacial score (nSPS) is 12.3. The number of amides is 2. The molecule has 0 saturated heterocycles. The zero-order valence-electron chi connectivity index (χ0n) is 16.2. The molecule has 0 saturated carbocycles. The molecular weight excluding hydrogens is 324 g/mol. The molecule has 0 bridgehead atoms. The fraction of sp³-hybridized carbons (Fsp3) is 0.364. The Hall–Kier alpha value is -2.62. The van der Waals surface area contributed by atoms with E-state index in [1.807, 2.05) is 51.1 Å². The van der Waals surface area contributed by atoms with Crippen molar-refractivity contribution in [1.29, 1.82) is 0 Å². The Labute approximate surface area is 156 Å². The number of carbonyl (C=O) groups excluding carboxylic acids is 2. The summed E-state index contributed by atoms with van der Waals surface area (Å²) < 4.78 is 0. The third-order valence-electron chi connectivity index (χ3n) is 4.26. The number of carbonyl (C=O) groups is 2. The van der Waals surface area contributed by atoms with Crippen molar-refractivity contribution in [3.63, 3.8) is 0 Å². The number of nitrogens with zero attached hydrogens (tertiary/aromatic N) is 1. The van der Waals surface area contributed by atoms with E-state index < -0.39 is 11.5 Å². The van der Waals surface area contributed by atoms with Gasteiger partial charge in [-0.15, -0.1) is 0 Å². The zero-order valence-corrected chi connectivity index (χ0v) is 16.2. The second-order valence-electron chi connectivity index (χ2n) is 7.70. The van der Waals surface area contributed by atoms with Crippen LogP contribution in [0.4, 0.5) is 0 Å². The second kappa shape index (κ2) is 8.17. The molecule has 0 radical (unpaired) electrons. The number of hydrogen-bond acceptors (Lipinski definition) is 2. The smallest absolute Gasteiger partial charge is 0.244 e. The maximum Gasteiger partial charge on any atom is 0.244 e. The lowest BCUT2D eigenvalue weighted by molar-refractivity contribution is -0.137. The van der Waals surface area contributed by atoms with Crippen LogP contribution in [0.15, 0.2) is 54.6 Å². The van der Waals surface area contributed by atoms with Gasteiger partial charge in [0.1, 0.15) is 6.04 Å². The highest BCUT2D eigenvalue weighted by Crippen LogP contribution is 2.20. The van der Waals surface area contributed by atoms with E-state index in [2.05, 4.69) is 29.6 Å². The van der Waals surface area contributed by atoms with E-state index in [4.69, 9.17) is 0 Å². The third kappa shape index (κ3) is 5.19. The molecule has 2 amide bonds. The zero-order chi connectivity index (χ0) is 19.3. The van der Waals surface area contributed by atoms with Gasteiger partial charge in [0.15, 0.2) is 0 Å². The van der Waals surface area contributed by atoms with Gasteiger partial charge < -0.3 is 10.2 Å². The van der Waals surface area contributed by atoms with Crippen LogP contribution in [0.2, 0.25) is 0 Å². The van der Waals surface area contributed by atoms with Gasteiger partial charge in [0.25, 0.3) is 0 Å². The van der Waals surface area contributed by atoms with Crippen molar-refractivity contribution in [3.05, 3.63) is 60.2 Å². The third-order valence-corrected chi connectivity index (χ3v) is 4.26. The van der Waals surface area contributed by atoms with Gasteiger partial charge in [0.2, 0.25) is 11.8 Å². The molecule has 0 fully saturated rings. The van der Waals surface area contributed by atoms with Crippen LogP contribution in [0.1, 0.15) is 33.3 Å². The van der Waals surface area contributed by atoms with Crippen molar-refractivity contribution in [1.82, 2.24) is 10.2 Å². The molecule has 0 aromatic heterocycles. The average Bonchev–Trinajstić information content (AvgIpc) is 2.61. The second-order valence-corrected chi connectivity index (χ2v) is 7.70. The van der Waals surface area contributed by atoms with E-state index in [1.165, 1.54) is 5.56 Å². The highest BCUT2D eigenvalue weighted by molar-refractivity contribution is 5.89. The van der Waals surface area contributed by atoms with Gasteiger partial charge in [-0.3, -0.25) is 9.59 Å². The van der Waals surface area contributed by atoms with Gasteiger partial charge in [0.05, 0.1) is 0 Å². The minimum Gasteiger partial charge on any atom is -0.344 e. The lowest BCUT2D eigenvalue weighted by Crippen LogP contribution is -2.48. The van der Waals surface area contributed by atoms with Crippen molar-refractivity contribution >= 4 is 11.8 Å². The van der Waals surface area contributed by atoms with Gasteiger partial charge in [-0.05, 0) is 23.6 Å². The summed E-state index contributed by atoms with van der Waals surface area (Å²) in [6.45, 7) is 7.72. The summed E-state index contributed by atoms with van der Waals surface area (Å²) in [5, 5.41) is 2.79. The first-order chi connectivity index (χ1) is 12.2. The van der Waals surface area contributed by atoms with Crippen molar-refractivity contribution < 1.29 is 9.59 Å². The first-order valence-corrected chi connectivity index (χ1v) is 8.89. The molecule has 2 rings (SSSR count). The highest BCUT2D eigenvalue weighted by Gasteiger charge is 2.26. The summed E-state index contributed by atoms with van der Waals surface area (Å²) in [5.41, 5.74) is 2.85. The largest absolute Gasteiger partial charge is 0.344 e. The molecule has 1 N–H and O–H groups in total. The van der Waals surface area contributed by atoms with Gasteiger partial charge in [-0.25, -0.2) is 0 Å². The topological polar surface area (TPSA) is 49.4 Å². The van der Waals surface area contributed by atoms with E-state index in [-0.39, 0.29) is 11.8 Å². The molecule has 138 valence electrons. The van der Waals surface area contributed by atoms with Crippen molar-refractivity contribution in [2.45, 2.75) is 40.3 Å². The summed E-state index contributed by atoms with van der Waals surface area (Å²) in [5.74, 6) is -0.228. The number of nitrogens with one attached hydrogen (secondary N) is 1. The molecule has 26 heavy (non-hydrogen) atoms. The summed E-state index contributed by atoms with van der Waals surface area (Å²) in [7, 11) is 1.76. The lowest BCUT2D eigenvalue weighted by atomic mass is 9.95. The fourth-order valence-electron chi connectivity index (χ4n) is 2.59. The standard InChI is InChI=1S/C22H28N2O2/c1-16(23-21(26)22(2,3)4)20(25)24(5)15-17-11-13-19(14-12-17)18-9-7-6-8-10-18/h6-14,16H,15H2,1-5H3,(H,23,26). The van der Waals surface area contributed by atoms with Crippen LogP contribution in [-0.4, -0.2) is 29.8 Å². The Kier molecular flexibility index (Phi) is 6.19. The van der Waals surface area contributed by atoms with Crippen LogP contribution >= 0.6 is 0 Å². The van der Waals surface area contributed by atoms with Crippen LogP contribution < -0.4 is 5.32 Å². The van der Waals surface area contributed by atoms with Crippen molar-refractivity contribution in [3.8, 4) is 11.1 Å². The first kappa shape index (κ1) is 19.7. The Morgan fingerprint density at radius 1 is 0.962 bits per heavy atom. The molecule has 0 aliphatic heterocycles. The van der Waals surface area contributed by atoms with Crippen molar-refractivity contribution in [2.75, 3.05) is 7.05 Å². The molecular formula is C22H28N2O2. The molecule has 0 aliphatic carbocycles. The van der Waals surface area contributed by atoms with Crippen LogP contribution in [0.3, 0.4) is 0 Å². The molecule has 2 aromatic rings. The van der Waals surface area contributed by atoms with Crippen LogP contribution in [0.25, 0.3) is 11.1 Å². The Balaban J connectivity index is 1.97. The maximum atomic E-state index is 12.5.